The fourth-order valence-electron chi connectivity index (χ4n) is 2.83. The zero-order valence-corrected chi connectivity index (χ0v) is 16.0. The molecule has 0 bridgehead atoms. The third-order valence-electron chi connectivity index (χ3n) is 3.97. The highest BCUT2D eigenvalue weighted by Crippen LogP contribution is 2.35. The highest BCUT2D eigenvalue weighted by Gasteiger charge is 2.20. The first kappa shape index (κ1) is 18.6. The number of nitrogen functional groups attached to an aromatic ring is 1. The van der Waals surface area contributed by atoms with Crippen molar-refractivity contribution in [2.24, 2.45) is 0 Å². The van der Waals surface area contributed by atoms with Crippen LogP contribution in [0.2, 0.25) is 0 Å². The minimum absolute atomic E-state index is 0.0613. The summed E-state index contributed by atoms with van der Waals surface area (Å²) in [4.78, 5) is 21.0. The van der Waals surface area contributed by atoms with Gasteiger partial charge in [-0.3, -0.25) is 4.79 Å². The van der Waals surface area contributed by atoms with Crippen LogP contribution in [0, 0.1) is 0 Å². The van der Waals surface area contributed by atoms with Crippen LogP contribution in [0.25, 0.3) is 22.5 Å². The van der Waals surface area contributed by atoms with E-state index in [1.807, 2.05) is 58.0 Å². The van der Waals surface area contributed by atoms with E-state index in [1.54, 1.807) is 6.07 Å². The van der Waals surface area contributed by atoms with Crippen LogP contribution < -0.4 is 16.6 Å². The van der Waals surface area contributed by atoms with Gasteiger partial charge < -0.3 is 11.1 Å². The van der Waals surface area contributed by atoms with Crippen LogP contribution in [-0.4, -0.2) is 25.8 Å². The Morgan fingerprint density at radius 1 is 1.00 bits per heavy atom. The van der Waals surface area contributed by atoms with Crippen LogP contribution in [-0.2, 0) is 0 Å². The summed E-state index contributed by atoms with van der Waals surface area (Å²) < 4.78 is 1.46. The highest BCUT2D eigenvalue weighted by molar-refractivity contribution is 5.87. The molecule has 0 amide bonds. The lowest BCUT2D eigenvalue weighted by atomic mass is 10.0. The van der Waals surface area contributed by atoms with Crippen molar-refractivity contribution >= 4 is 11.8 Å². The van der Waals surface area contributed by atoms with Gasteiger partial charge in [-0.05, 0) is 33.8 Å². The van der Waals surface area contributed by atoms with E-state index < -0.39 is 0 Å². The van der Waals surface area contributed by atoms with Gasteiger partial charge in [-0.2, -0.15) is 10.1 Å². The first-order chi connectivity index (χ1) is 12.9. The van der Waals surface area contributed by atoms with Gasteiger partial charge in [0.15, 0.2) is 0 Å². The number of anilines is 2. The molecule has 7 heteroatoms. The average Bonchev–Trinajstić information content (AvgIpc) is 2.62. The summed E-state index contributed by atoms with van der Waals surface area (Å²) in [5.41, 5.74) is 8.75. The lowest BCUT2D eigenvalue weighted by molar-refractivity contribution is 0.505. The maximum atomic E-state index is 12.1. The number of nitrogens with zero attached hydrogens (tertiary/aromatic N) is 4. The summed E-state index contributed by atoms with van der Waals surface area (Å²) >= 11 is 0. The van der Waals surface area contributed by atoms with Crippen molar-refractivity contribution in [2.75, 3.05) is 11.1 Å². The molecule has 3 rings (SSSR count). The van der Waals surface area contributed by atoms with Crippen LogP contribution in [0.3, 0.4) is 0 Å². The SMILES string of the molecule is CC(C)Nc1nc(N)nc(-c2ccccc2)c1-c1ccc(=O)n(C(C)C)n1. The van der Waals surface area contributed by atoms with Crippen LogP contribution in [0.4, 0.5) is 11.8 Å². The maximum Gasteiger partial charge on any atom is 0.267 e. The summed E-state index contributed by atoms with van der Waals surface area (Å²) in [7, 11) is 0. The zero-order valence-electron chi connectivity index (χ0n) is 16.0. The number of nitrogens with two attached hydrogens (primary N) is 1. The molecule has 2 heterocycles. The number of hydrogen-bond acceptors (Lipinski definition) is 6. The number of aromatic nitrogens is 4. The van der Waals surface area contributed by atoms with E-state index in [-0.39, 0.29) is 23.6 Å². The quantitative estimate of drug-likeness (QED) is 0.720. The smallest absolute Gasteiger partial charge is 0.267 e. The summed E-state index contributed by atoms with van der Waals surface area (Å²) in [5, 5.41) is 7.90. The van der Waals surface area contributed by atoms with Crippen molar-refractivity contribution in [2.45, 2.75) is 39.8 Å². The summed E-state index contributed by atoms with van der Waals surface area (Å²) in [6.07, 6.45) is 0. The number of rotatable bonds is 5. The van der Waals surface area contributed by atoms with Crippen molar-refractivity contribution in [3.05, 3.63) is 52.8 Å². The molecule has 0 radical (unpaired) electrons. The lowest BCUT2D eigenvalue weighted by Crippen LogP contribution is -2.24. The molecule has 1 aromatic carbocycles. The molecule has 27 heavy (non-hydrogen) atoms. The molecule has 0 aliphatic heterocycles. The highest BCUT2D eigenvalue weighted by atomic mass is 16.1. The standard InChI is InChI=1S/C20H24N6O/c1-12(2)22-19-17(15-10-11-16(27)26(25-15)13(3)4)18(23-20(21)24-19)14-8-6-5-7-9-14/h5-13H,1-4H3,(H3,21,22,23,24). The molecule has 0 saturated carbocycles. The number of nitrogens with one attached hydrogen (secondary N) is 1. The second-order valence-electron chi connectivity index (χ2n) is 6.91. The van der Waals surface area contributed by atoms with Crippen LogP contribution >= 0.6 is 0 Å². The largest absolute Gasteiger partial charge is 0.368 e. The van der Waals surface area contributed by atoms with Gasteiger partial charge in [0.2, 0.25) is 5.95 Å². The Morgan fingerprint density at radius 3 is 2.33 bits per heavy atom. The Balaban J connectivity index is 2.32. The predicted octanol–water partition coefficient (Wildman–Crippen LogP) is 3.35. The Labute approximate surface area is 158 Å². The van der Waals surface area contributed by atoms with E-state index in [4.69, 9.17) is 5.73 Å². The molecule has 0 atom stereocenters. The fraction of sp³-hybridized carbons (Fsp3) is 0.300. The van der Waals surface area contributed by atoms with Crippen molar-refractivity contribution in [1.82, 2.24) is 19.7 Å². The first-order valence-corrected chi connectivity index (χ1v) is 8.96. The topological polar surface area (TPSA) is 98.7 Å². The molecule has 0 fully saturated rings. The molecular formula is C20H24N6O. The minimum atomic E-state index is -0.148. The van der Waals surface area contributed by atoms with Gasteiger partial charge in [-0.15, -0.1) is 0 Å². The number of hydrogen-bond donors (Lipinski definition) is 2. The molecule has 0 saturated heterocycles. The van der Waals surface area contributed by atoms with Gasteiger partial charge in [0.25, 0.3) is 5.56 Å². The van der Waals surface area contributed by atoms with Gasteiger partial charge >= 0.3 is 0 Å². The average molecular weight is 364 g/mol. The summed E-state index contributed by atoms with van der Waals surface area (Å²) in [5.74, 6) is 0.774. The molecule has 0 unspecified atom stereocenters. The molecule has 0 spiro atoms. The molecule has 3 N–H and O–H groups in total. The first-order valence-electron chi connectivity index (χ1n) is 8.96. The van der Waals surface area contributed by atoms with Gasteiger partial charge in [-0.1, -0.05) is 30.3 Å². The number of benzene rings is 1. The van der Waals surface area contributed by atoms with Crippen LogP contribution in [0.15, 0.2) is 47.3 Å². The van der Waals surface area contributed by atoms with Gasteiger partial charge in [-0.25, -0.2) is 9.67 Å². The molecule has 2 aromatic heterocycles. The Bertz CT molecular complexity index is 995. The monoisotopic (exact) mass is 364 g/mol. The Hall–Kier alpha value is -3.22. The molecule has 0 aliphatic carbocycles. The minimum Gasteiger partial charge on any atom is -0.368 e. The fourth-order valence-corrected chi connectivity index (χ4v) is 2.83. The third-order valence-corrected chi connectivity index (χ3v) is 3.97. The normalized spacial score (nSPS) is 11.2. The van der Waals surface area contributed by atoms with Crippen molar-refractivity contribution in [1.29, 1.82) is 0 Å². The van der Waals surface area contributed by atoms with E-state index >= 15 is 0 Å². The molecule has 7 nitrogen and oxygen atoms in total. The summed E-state index contributed by atoms with van der Waals surface area (Å²) in [6, 6.07) is 13.0. The van der Waals surface area contributed by atoms with E-state index in [0.29, 0.717) is 17.2 Å². The molecule has 140 valence electrons. The Kier molecular flexibility index (Phi) is 5.21. The summed E-state index contributed by atoms with van der Waals surface area (Å²) in [6.45, 7) is 7.88. The second kappa shape index (κ2) is 7.57. The third kappa shape index (κ3) is 3.97. The van der Waals surface area contributed by atoms with Crippen molar-refractivity contribution in [3.63, 3.8) is 0 Å². The Morgan fingerprint density at radius 2 is 1.70 bits per heavy atom. The van der Waals surface area contributed by atoms with Crippen molar-refractivity contribution < 1.29 is 0 Å². The van der Waals surface area contributed by atoms with Gasteiger partial charge in [0.1, 0.15) is 5.82 Å². The zero-order chi connectivity index (χ0) is 19.6. The molecular weight excluding hydrogens is 340 g/mol. The molecule has 3 aromatic rings. The van der Waals surface area contributed by atoms with Crippen LogP contribution in [0.5, 0.6) is 0 Å². The van der Waals surface area contributed by atoms with E-state index in [0.717, 1.165) is 11.1 Å². The lowest BCUT2D eigenvalue weighted by Gasteiger charge is -2.18. The van der Waals surface area contributed by atoms with Crippen LogP contribution in [0.1, 0.15) is 33.7 Å². The maximum absolute atomic E-state index is 12.1. The predicted molar refractivity (Wildman–Crippen MR) is 109 cm³/mol. The van der Waals surface area contributed by atoms with E-state index in [9.17, 15) is 4.79 Å². The van der Waals surface area contributed by atoms with Gasteiger partial charge in [0, 0.05) is 17.7 Å². The van der Waals surface area contributed by atoms with E-state index in [2.05, 4.69) is 20.4 Å². The molecule has 0 aliphatic rings. The van der Waals surface area contributed by atoms with E-state index in [1.165, 1.54) is 10.7 Å². The van der Waals surface area contributed by atoms with Gasteiger partial charge in [0.05, 0.1) is 23.0 Å². The second-order valence-corrected chi connectivity index (χ2v) is 6.91. The van der Waals surface area contributed by atoms with Crippen molar-refractivity contribution in [3.8, 4) is 22.5 Å².